The minimum atomic E-state index is -3.56. The third-order valence-electron chi connectivity index (χ3n) is 3.12. The average Bonchev–Trinajstić information content (AvgIpc) is 3.28. The number of nitrogens with zero attached hydrogens (tertiary/aromatic N) is 1. The summed E-state index contributed by atoms with van der Waals surface area (Å²) in [6.07, 6.45) is 9.49. The van der Waals surface area contributed by atoms with Crippen LogP contribution in [0.1, 0.15) is 38.1 Å². The Morgan fingerprint density at radius 1 is 1.21 bits per heavy atom. The van der Waals surface area contributed by atoms with Crippen LogP contribution in [0.4, 0.5) is 0 Å². The quantitative estimate of drug-likeness (QED) is 0.518. The maximum atomic E-state index is 12.0. The zero-order chi connectivity index (χ0) is 22.1. The molecule has 1 N–H and O–H groups in total. The van der Waals surface area contributed by atoms with Gasteiger partial charge in [0.25, 0.3) is 0 Å². The Kier molecular flexibility index (Phi) is 14.5. The molecule has 0 bridgehead atoms. The van der Waals surface area contributed by atoms with E-state index in [4.69, 9.17) is 16.9 Å². The van der Waals surface area contributed by atoms with Crippen molar-refractivity contribution in [1.29, 1.82) is 5.26 Å². The van der Waals surface area contributed by atoms with Gasteiger partial charge in [0.1, 0.15) is 0 Å². The van der Waals surface area contributed by atoms with E-state index < -0.39 is 10.0 Å². The Hall–Kier alpha value is -2.17. The number of thiophene rings is 1. The second-order valence-electron chi connectivity index (χ2n) is 5.10. The van der Waals surface area contributed by atoms with Gasteiger partial charge < -0.3 is 0 Å². The lowest BCUT2D eigenvalue weighted by molar-refractivity contribution is 0.582. The predicted molar refractivity (Wildman–Crippen MR) is 124 cm³/mol. The largest absolute Gasteiger partial charge is 0.240 e. The summed E-state index contributed by atoms with van der Waals surface area (Å²) < 4.78 is 26.5. The van der Waals surface area contributed by atoms with E-state index in [0.29, 0.717) is 5.56 Å². The minimum Gasteiger partial charge on any atom is -0.207 e. The van der Waals surface area contributed by atoms with Gasteiger partial charge in [0.15, 0.2) is 0 Å². The van der Waals surface area contributed by atoms with Crippen LogP contribution in [0, 0.1) is 11.3 Å². The molecule has 156 valence electrons. The van der Waals surface area contributed by atoms with Crippen molar-refractivity contribution in [3.05, 3.63) is 87.6 Å². The van der Waals surface area contributed by atoms with Crippen LogP contribution >= 0.6 is 22.9 Å². The summed E-state index contributed by atoms with van der Waals surface area (Å²) in [5.41, 5.74) is 0.328. The number of rotatable bonds is 6. The zero-order valence-electron chi connectivity index (χ0n) is 17.1. The summed E-state index contributed by atoms with van der Waals surface area (Å²) in [4.78, 5) is 1.05. The van der Waals surface area contributed by atoms with Crippen LogP contribution in [0.15, 0.2) is 82.1 Å². The molecule has 0 spiro atoms. The van der Waals surface area contributed by atoms with Gasteiger partial charge in [-0.25, -0.2) is 13.1 Å². The van der Waals surface area contributed by atoms with Crippen LogP contribution in [0.2, 0.25) is 0 Å². The summed E-state index contributed by atoms with van der Waals surface area (Å²) in [6, 6.07) is 11.6. The normalized spacial score (nSPS) is 11.4. The first-order chi connectivity index (χ1) is 13.9. The fourth-order valence-electron chi connectivity index (χ4n) is 1.75. The highest BCUT2D eigenvalue weighted by atomic mass is 35.5. The van der Waals surface area contributed by atoms with E-state index in [2.05, 4.69) is 4.72 Å². The molecule has 0 aliphatic carbocycles. The fourth-order valence-corrected chi connectivity index (χ4v) is 3.61. The average molecular weight is 451 g/mol. The number of halogens is 1. The molecule has 4 nitrogen and oxygen atoms in total. The number of nitrogens with one attached hydrogen (secondary N) is 1. The minimum absolute atomic E-state index is 0.109. The van der Waals surface area contributed by atoms with Crippen LogP contribution in [0.5, 0.6) is 0 Å². The smallest absolute Gasteiger partial charge is 0.207 e. The van der Waals surface area contributed by atoms with Crippen molar-refractivity contribution < 1.29 is 8.42 Å². The molecule has 0 aliphatic heterocycles. The molecule has 0 saturated carbocycles. The first-order valence-corrected chi connectivity index (χ1v) is 11.8. The molecular formula is C22H27ClN2O2S2. The Bertz CT molecular complexity index is 939. The van der Waals surface area contributed by atoms with Crippen LogP contribution in [-0.4, -0.2) is 8.42 Å². The topological polar surface area (TPSA) is 70.0 Å². The highest BCUT2D eigenvalue weighted by molar-refractivity contribution is 7.89. The first kappa shape index (κ1) is 26.8. The van der Waals surface area contributed by atoms with Gasteiger partial charge in [-0.15, -0.1) is 11.3 Å². The van der Waals surface area contributed by atoms with E-state index in [0.717, 1.165) is 9.91 Å². The molecule has 2 aromatic rings. The maximum absolute atomic E-state index is 12.0. The number of allylic oxidation sites excluding steroid dienone is 6. The summed E-state index contributed by atoms with van der Waals surface area (Å²) >= 11 is 7.13. The number of nitriles is 1. The highest BCUT2D eigenvalue weighted by Gasteiger charge is 2.14. The van der Waals surface area contributed by atoms with Crippen molar-refractivity contribution in [3.8, 4) is 6.07 Å². The van der Waals surface area contributed by atoms with Crippen LogP contribution < -0.4 is 4.72 Å². The Morgan fingerprint density at radius 3 is 2.48 bits per heavy atom. The van der Waals surface area contributed by atoms with Crippen molar-refractivity contribution >= 4 is 33.0 Å². The van der Waals surface area contributed by atoms with E-state index in [9.17, 15) is 8.42 Å². The monoisotopic (exact) mass is 450 g/mol. The molecule has 1 aromatic heterocycles. The van der Waals surface area contributed by atoms with Gasteiger partial charge in [-0.3, -0.25) is 0 Å². The molecule has 29 heavy (non-hydrogen) atoms. The number of hydrogen-bond donors (Lipinski definition) is 1. The second kappa shape index (κ2) is 15.7. The Morgan fingerprint density at radius 2 is 1.93 bits per heavy atom. The number of sulfonamides is 1. The van der Waals surface area contributed by atoms with Gasteiger partial charge in [0, 0.05) is 16.5 Å². The van der Waals surface area contributed by atoms with E-state index in [1.54, 1.807) is 12.1 Å². The molecule has 7 heteroatoms. The molecule has 2 rings (SSSR count). The predicted octanol–water partition coefficient (Wildman–Crippen LogP) is 6.39. The van der Waals surface area contributed by atoms with Gasteiger partial charge in [0.05, 0.1) is 16.5 Å². The van der Waals surface area contributed by atoms with Crippen molar-refractivity contribution in [3.63, 3.8) is 0 Å². The molecule has 1 heterocycles. The van der Waals surface area contributed by atoms with Gasteiger partial charge >= 0.3 is 0 Å². The maximum Gasteiger partial charge on any atom is 0.240 e. The van der Waals surface area contributed by atoms with Gasteiger partial charge in [0.2, 0.25) is 10.0 Å². The highest BCUT2D eigenvalue weighted by Crippen LogP contribution is 2.13. The zero-order valence-corrected chi connectivity index (χ0v) is 19.5. The molecule has 0 saturated heterocycles. The molecule has 0 unspecified atom stereocenters. The van der Waals surface area contributed by atoms with Gasteiger partial charge in [-0.2, -0.15) is 5.26 Å². The van der Waals surface area contributed by atoms with Gasteiger partial charge in [-0.05, 0) is 49.6 Å². The summed E-state index contributed by atoms with van der Waals surface area (Å²) in [6.45, 7) is 8.13. The molecule has 0 radical (unpaired) electrons. The van der Waals surface area contributed by atoms with Crippen molar-refractivity contribution in [2.45, 2.75) is 39.1 Å². The lowest BCUT2D eigenvalue weighted by Crippen LogP contribution is -2.22. The molecular weight excluding hydrogens is 424 g/mol. The summed E-state index contributed by atoms with van der Waals surface area (Å²) in [5.74, 6) is 0. The van der Waals surface area contributed by atoms with Crippen LogP contribution in [0.3, 0.4) is 0 Å². The van der Waals surface area contributed by atoms with Gasteiger partial charge in [-0.1, -0.05) is 61.9 Å². The van der Waals surface area contributed by atoms with Crippen LogP contribution in [0.25, 0.3) is 0 Å². The van der Waals surface area contributed by atoms with E-state index in [1.807, 2.05) is 81.7 Å². The molecule has 1 aromatic carbocycles. The van der Waals surface area contributed by atoms with Crippen molar-refractivity contribution in [2.75, 3.05) is 0 Å². The van der Waals surface area contributed by atoms with E-state index >= 15 is 0 Å². The van der Waals surface area contributed by atoms with E-state index in [-0.39, 0.29) is 11.4 Å². The number of hydrogen-bond acceptors (Lipinski definition) is 4. The molecule has 0 aliphatic rings. The lowest BCUT2D eigenvalue weighted by atomic mass is 10.2. The van der Waals surface area contributed by atoms with E-state index in [1.165, 1.54) is 23.5 Å². The lowest BCUT2D eigenvalue weighted by Gasteiger charge is -2.05. The summed E-state index contributed by atoms with van der Waals surface area (Å²) in [5, 5.41) is 11.4. The standard InChI is InChI=1S/C12H10N2O2S2.C8H11Cl.C2H6/c13-8-10-3-1-5-12(7-10)18(15,16)14-9-11-4-2-6-17-11;1-3-5-6-7-8(9)4-2;1-2/h1-7,14H,9H2;3-7H,1-2H3;1-2H3/b;5-3-,7-6-,8-4+;. The van der Waals surface area contributed by atoms with Crippen molar-refractivity contribution in [2.24, 2.45) is 0 Å². The fraction of sp³-hybridized carbons (Fsp3) is 0.227. The van der Waals surface area contributed by atoms with Crippen LogP contribution in [-0.2, 0) is 16.6 Å². The second-order valence-corrected chi connectivity index (χ2v) is 8.34. The third-order valence-corrected chi connectivity index (χ3v) is 5.74. The number of benzene rings is 1. The van der Waals surface area contributed by atoms with Crippen molar-refractivity contribution in [1.82, 2.24) is 4.72 Å². The molecule has 0 amide bonds. The molecule has 0 atom stereocenters. The first-order valence-electron chi connectivity index (χ1n) is 9.06. The third kappa shape index (κ3) is 11.4. The Labute approximate surface area is 183 Å². The summed E-state index contributed by atoms with van der Waals surface area (Å²) in [7, 11) is -3.56. The molecule has 0 fully saturated rings. The Balaban J connectivity index is 0.000000606. The SMILES string of the molecule is CC.C\C=C/C=C\C(Cl)=C/C.N#Cc1cccc(S(=O)(=O)NCc2cccs2)c1.